The zero-order valence-corrected chi connectivity index (χ0v) is 9.50. The summed E-state index contributed by atoms with van der Waals surface area (Å²) >= 11 is 4.36. The summed E-state index contributed by atoms with van der Waals surface area (Å²) in [6.45, 7) is 7.49. The van der Waals surface area contributed by atoms with Gasteiger partial charge in [-0.25, -0.2) is 0 Å². The van der Waals surface area contributed by atoms with Crippen LogP contribution in [-0.2, 0) is 0 Å². The third kappa shape index (κ3) is 3.49. The van der Waals surface area contributed by atoms with Gasteiger partial charge in [-0.3, -0.25) is 0 Å². The average molecular weight is 203 g/mol. The van der Waals surface area contributed by atoms with Crippen molar-refractivity contribution in [2.24, 2.45) is 11.8 Å². The van der Waals surface area contributed by atoms with E-state index in [1.807, 2.05) is 0 Å². The van der Waals surface area contributed by atoms with E-state index < -0.39 is 0 Å². The highest BCUT2D eigenvalue weighted by molar-refractivity contribution is 7.80. The van der Waals surface area contributed by atoms with Gasteiger partial charge < -0.3 is 10.0 Å². The Morgan fingerprint density at radius 2 is 2.23 bits per heavy atom. The van der Waals surface area contributed by atoms with Crippen molar-refractivity contribution in [3.05, 3.63) is 0 Å². The molecule has 2 nitrogen and oxygen atoms in total. The highest BCUT2D eigenvalue weighted by atomic mass is 32.1. The van der Waals surface area contributed by atoms with E-state index in [1.165, 1.54) is 0 Å². The summed E-state index contributed by atoms with van der Waals surface area (Å²) in [4.78, 5) is 2.35. The summed E-state index contributed by atoms with van der Waals surface area (Å²) < 4.78 is 0. The van der Waals surface area contributed by atoms with Crippen LogP contribution in [0.15, 0.2) is 0 Å². The minimum atomic E-state index is -0.0901. The molecule has 0 radical (unpaired) electrons. The van der Waals surface area contributed by atoms with Gasteiger partial charge >= 0.3 is 0 Å². The van der Waals surface area contributed by atoms with Crippen molar-refractivity contribution in [2.75, 3.05) is 25.4 Å². The highest BCUT2D eigenvalue weighted by Gasteiger charge is 2.23. The third-order valence-electron chi connectivity index (χ3n) is 2.92. The minimum absolute atomic E-state index is 0.0901. The van der Waals surface area contributed by atoms with Crippen molar-refractivity contribution < 1.29 is 5.11 Å². The van der Waals surface area contributed by atoms with Crippen LogP contribution in [0.5, 0.6) is 0 Å². The third-order valence-corrected chi connectivity index (χ3v) is 3.39. The van der Waals surface area contributed by atoms with Crippen LogP contribution in [0.1, 0.15) is 20.3 Å². The largest absolute Gasteiger partial charge is 0.392 e. The van der Waals surface area contributed by atoms with Crippen LogP contribution in [-0.4, -0.2) is 41.5 Å². The lowest BCUT2D eigenvalue weighted by Gasteiger charge is -2.24. The molecule has 2 atom stereocenters. The van der Waals surface area contributed by atoms with E-state index in [9.17, 15) is 5.11 Å². The van der Waals surface area contributed by atoms with Gasteiger partial charge in [-0.05, 0) is 24.0 Å². The van der Waals surface area contributed by atoms with Crippen molar-refractivity contribution >= 4 is 12.6 Å². The van der Waals surface area contributed by atoms with Crippen LogP contribution in [0.2, 0.25) is 0 Å². The maximum atomic E-state index is 9.36. The lowest BCUT2D eigenvalue weighted by atomic mass is 9.97. The maximum absolute atomic E-state index is 9.36. The molecule has 1 saturated heterocycles. The fourth-order valence-electron chi connectivity index (χ4n) is 1.79. The number of hydrogen-bond acceptors (Lipinski definition) is 3. The summed E-state index contributed by atoms with van der Waals surface area (Å²) in [5, 5.41) is 9.36. The van der Waals surface area contributed by atoms with Crippen LogP contribution >= 0.6 is 12.6 Å². The Morgan fingerprint density at radius 1 is 1.54 bits per heavy atom. The molecular formula is C10H21NOS. The average Bonchev–Trinajstić information content (AvgIpc) is 2.46. The fraction of sp³-hybridized carbons (Fsp3) is 1.00. The number of likely N-dealkylation sites (tertiary alicyclic amines) is 1. The SMILES string of the molecule is CC(C)C(CS)CN1CCC(O)C1. The maximum Gasteiger partial charge on any atom is 0.0679 e. The Hall–Kier alpha value is 0.270. The van der Waals surface area contributed by atoms with Crippen LogP contribution in [0.4, 0.5) is 0 Å². The van der Waals surface area contributed by atoms with Crippen molar-refractivity contribution in [1.82, 2.24) is 4.90 Å². The quantitative estimate of drug-likeness (QED) is 0.672. The molecule has 0 spiro atoms. The molecule has 1 heterocycles. The standard InChI is InChI=1S/C10H21NOS/c1-8(2)9(7-13)5-11-4-3-10(12)6-11/h8-10,12-13H,3-7H2,1-2H3. The summed E-state index contributed by atoms with van der Waals surface area (Å²) in [6, 6.07) is 0. The Kier molecular flexibility index (Phi) is 4.56. The first-order chi connectivity index (χ1) is 6.13. The molecular weight excluding hydrogens is 182 g/mol. The first-order valence-corrected chi connectivity index (χ1v) is 5.78. The highest BCUT2D eigenvalue weighted by Crippen LogP contribution is 2.17. The predicted molar refractivity (Wildman–Crippen MR) is 59.2 cm³/mol. The van der Waals surface area contributed by atoms with Gasteiger partial charge in [0, 0.05) is 19.6 Å². The second-order valence-corrected chi connectivity index (χ2v) is 4.75. The van der Waals surface area contributed by atoms with Crippen LogP contribution in [0.3, 0.4) is 0 Å². The molecule has 1 aliphatic rings. The van der Waals surface area contributed by atoms with Gasteiger partial charge in [0.15, 0.2) is 0 Å². The van der Waals surface area contributed by atoms with Crippen molar-refractivity contribution in [3.63, 3.8) is 0 Å². The van der Waals surface area contributed by atoms with Crippen molar-refractivity contribution in [1.29, 1.82) is 0 Å². The van der Waals surface area contributed by atoms with Gasteiger partial charge in [0.2, 0.25) is 0 Å². The zero-order valence-electron chi connectivity index (χ0n) is 8.61. The number of aliphatic hydroxyl groups excluding tert-OH is 1. The molecule has 13 heavy (non-hydrogen) atoms. The summed E-state index contributed by atoms with van der Waals surface area (Å²) in [5.74, 6) is 2.30. The number of nitrogens with zero attached hydrogens (tertiary/aromatic N) is 1. The molecule has 2 unspecified atom stereocenters. The van der Waals surface area contributed by atoms with E-state index in [0.717, 1.165) is 31.8 Å². The molecule has 0 aromatic heterocycles. The van der Waals surface area contributed by atoms with Gasteiger partial charge in [0.1, 0.15) is 0 Å². The second kappa shape index (κ2) is 5.23. The Balaban J connectivity index is 2.30. The number of β-amino-alcohol motifs (C(OH)–C–C–N with tert-alkyl or cyclic N) is 1. The molecule has 0 saturated carbocycles. The monoisotopic (exact) mass is 203 g/mol. The van der Waals surface area contributed by atoms with E-state index in [-0.39, 0.29) is 6.10 Å². The Morgan fingerprint density at radius 3 is 2.62 bits per heavy atom. The first kappa shape index (κ1) is 11.3. The van der Waals surface area contributed by atoms with E-state index in [1.54, 1.807) is 0 Å². The molecule has 0 aromatic carbocycles. The molecule has 1 rings (SSSR count). The van der Waals surface area contributed by atoms with Gasteiger partial charge in [0.25, 0.3) is 0 Å². The lowest BCUT2D eigenvalue weighted by Crippen LogP contribution is -2.31. The van der Waals surface area contributed by atoms with Crippen LogP contribution in [0.25, 0.3) is 0 Å². The van der Waals surface area contributed by atoms with Gasteiger partial charge in [-0.15, -0.1) is 0 Å². The van der Waals surface area contributed by atoms with E-state index in [4.69, 9.17) is 0 Å². The molecule has 3 heteroatoms. The Labute approximate surface area is 86.7 Å². The van der Waals surface area contributed by atoms with Gasteiger partial charge in [-0.2, -0.15) is 12.6 Å². The topological polar surface area (TPSA) is 23.5 Å². The molecule has 0 bridgehead atoms. The van der Waals surface area contributed by atoms with Gasteiger partial charge in [0.05, 0.1) is 6.10 Å². The number of rotatable bonds is 4. The van der Waals surface area contributed by atoms with Gasteiger partial charge in [-0.1, -0.05) is 13.8 Å². The predicted octanol–water partition coefficient (Wildman–Crippen LogP) is 1.25. The summed E-state index contributed by atoms with van der Waals surface area (Å²) in [7, 11) is 0. The summed E-state index contributed by atoms with van der Waals surface area (Å²) in [5.41, 5.74) is 0. The van der Waals surface area contributed by atoms with E-state index >= 15 is 0 Å². The summed E-state index contributed by atoms with van der Waals surface area (Å²) in [6.07, 6.45) is 0.852. The van der Waals surface area contributed by atoms with E-state index in [0.29, 0.717) is 11.8 Å². The van der Waals surface area contributed by atoms with Crippen molar-refractivity contribution in [3.8, 4) is 0 Å². The fourth-order valence-corrected chi connectivity index (χ4v) is 2.33. The van der Waals surface area contributed by atoms with Crippen LogP contribution in [0, 0.1) is 11.8 Å². The number of hydrogen-bond donors (Lipinski definition) is 2. The minimum Gasteiger partial charge on any atom is -0.392 e. The first-order valence-electron chi connectivity index (χ1n) is 5.14. The second-order valence-electron chi connectivity index (χ2n) is 4.39. The smallest absolute Gasteiger partial charge is 0.0679 e. The lowest BCUT2D eigenvalue weighted by molar-refractivity contribution is 0.167. The molecule has 0 aliphatic carbocycles. The van der Waals surface area contributed by atoms with Crippen molar-refractivity contribution in [2.45, 2.75) is 26.4 Å². The molecule has 1 aliphatic heterocycles. The molecule has 0 aromatic rings. The normalized spacial score (nSPS) is 27.0. The number of aliphatic hydroxyl groups is 1. The Bertz CT molecular complexity index is 152. The molecule has 1 fully saturated rings. The number of thiol groups is 1. The van der Waals surface area contributed by atoms with E-state index in [2.05, 4.69) is 31.4 Å². The molecule has 1 N–H and O–H groups in total. The zero-order chi connectivity index (χ0) is 9.84. The molecule has 78 valence electrons. The molecule has 0 amide bonds. The van der Waals surface area contributed by atoms with Crippen LogP contribution < -0.4 is 0 Å².